The molecule has 1 fully saturated rings. The molecule has 1 unspecified atom stereocenters. The van der Waals surface area contributed by atoms with Gasteiger partial charge in [-0.3, -0.25) is 14.5 Å². The Hall–Kier alpha value is -3.47. The van der Waals surface area contributed by atoms with Gasteiger partial charge >= 0.3 is 0 Å². The van der Waals surface area contributed by atoms with E-state index in [2.05, 4.69) is 21.4 Å². The predicted molar refractivity (Wildman–Crippen MR) is 103 cm³/mol. The van der Waals surface area contributed by atoms with Crippen LogP contribution in [-0.4, -0.2) is 53.4 Å². The summed E-state index contributed by atoms with van der Waals surface area (Å²) in [7, 11) is 1.78. The number of nitriles is 1. The van der Waals surface area contributed by atoms with E-state index in [0.29, 0.717) is 35.9 Å². The molecule has 0 spiro atoms. The molecule has 2 aromatic rings. The highest BCUT2D eigenvalue weighted by Crippen LogP contribution is 2.34. The maximum Gasteiger partial charge on any atom is 0.261 e. The molecule has 0 aliphatic carbocycles. The minimum absolute atomic E-state index is 0.0675. The van der Waals surface area contributed by atoms with Crippen LogP contribution in [-0.2, 0) is 0 Å². The van der Waals surface area contributed by atoms with E-state index >= 15 is 0 Å². The maximum atomic E-state index is 12.7. The molecule has 2 amide bonds. The van der Waals surface area contributed by atoms with Crippen LogP contribution in [0.4, 0.5) is 11.8 Å². The molecule has 4 rings (SSSR count). The van der Waals surface area contributed by atoms with Gasteiger partial charge in [0, 0.05) is 32.9 Å². The average Bonchev–Trinajstić information content (AvgIpc) is 2.99. The van der Waals surface area contributed by atoms with Crippen LogP contribution in [0.2, 0.25) is 0 Å². The topological polar surface area (TPSA) is 102 Å². The lowest BCUT2D eigenvalue weighted by atomic mass is 9.80. The van der Waals surface area contributed by atoms with E-state index in [1.807, 2.05) is 4.90 Å². The van der Waals surface area contributed by atoms with Crippen molar-refractivity contribution in [1.29, 1.82) is 5.26 Å². The van der Waals surface area contributed by atoms with E-state index < -0.39 is 5.41 Å². The molecular formula is C20H20N6O2. The second kappa shape index (κ2) is 6.93. The summed E-state index contributed by atoms with van der Waals surface area (Å²) in [6, 6.07) is 10.9. The maximum absolute atomic E-state index is 12.7. The quantitative estimate of drug-likeness (QED) is 0.813. The lowest BCUT2D eigenvalue weighted by Crippen LogP contribution is -2.50. The van der Waals surface area contributed by atoms with Crippen LogP contribution in [0, 0.1) is 16.7 Å². The highest BCUT2D eigenvalue weighted by molar-refractivity contribution is 6.21. The van der Waals surface area contributed by atoms with Crippen molar-refractivity contribution in [3.8, 4) is 6.07 Å². The van der Waals surface area contributed by atoms with Gasteiger partial charge in [-0.25, -0.2) is 4.98 Å². The second-order valence-corrected chi connectivity index (χ2v) is 7.15. The van der Waals surface area contributed by atoms with E-state index in [1.165, 1.54) is 4.90 Å². The van der Waals surface area contributed by atoms with Gasteiger partial charge in [0.15, 0.2) is 0 Å². The number of benzene rings is 1. The lowest BCUT2D eigenvalue weighted by Gasteiger charge is -2.39. The molecule has 8 nitrogen and oxygen atoms in total. The number of imide groups is 1. The molecule has 1 aromatic heterocycles. The number of aromatic nitrogens is 2. The summed E-state index contributed by atoms with van der Waals surface area (Å²) < 4.78 is 0. The molecule has 1 aromatic carbocycles. The summed E-state index contributed by atoms with van der Waals surface area (Å²) in [6.45, 7) is 1.15. The van der Waals surface area contributed by atoms with Gasteiger partial charge in [-0.05, 0) is 31.0 Å². The van der Waals surface area contributed by atoms with E-state index in [1.54, 1.807) is 43.6 Å². The van der Waals surface area contributed by atoms with Crippen molar-refractivity contribution in [2.75, 3.05) is 36.9 Å². The zero-order chi connectivity index (χ0) is 19.7. The Morgan fingerprint density at radius 1 is 1.21 bits per heavy atom. The fourth-order valence-corrected chi connectivity index (χ4v) is 3.88. The van der Waals surface area contributed by atoms with Crippen LogP contribution in [0.25, 0.3) is 0 Å². The first-order chi connectivity index (χ1) is 13.6. The van der Waals surface area contributed by atoms with E-state index in [9.17, 15) is 14.9 Å². The Morgan fingerprint density at radius 3 is 2.57 bits per heavy atom. The van der Waals surface area contributed by atoms with Crippen molar-refractivity contribution in [2.24, 2.45) is 5.41 Å². The van der Waals surface area contributed by atoms with Crippen LogP contribution in [0.15, 0.2) is 36.5 Å². The first-order valence-corrected chi connectivity index (χ1v) is 9.19. The third-order valence-electron chi connectivity index (χ3n) is 5.33. The lowest BCUT2D eigenvalue weighted by molar-refractivity contribution is 0.0592. The summed E-state index contributed by atoms with van der Waals surface area (Å²) >= 11 is 0. The van der Waals surface area contributed by atoms with Crippen molar-refractivity contribution >= 4 is 23.6 Å². The number of hydrogen-bond acceptors (Lipinski definition) is 7. The standard InChI is InChI=1S/C20H20N6O2/c1-22-16-7-9-23-19(24-16)25-10-4-8-20(11-21,12-25)13-26-17(27)14-5-2-3-6-15(14)18(26)28/h2-3,5-7,9H,4,8,10,12-13H2,1H3,(H,22,23,24). The van der Waals surface area contributed by atoms with E-state index in [-0.39, 0.29) is 18.4 Å². The number of nitrogens with zero attached hydrogens (tertiary/aromatic N) is 5. The molecule has 2 aliphatic heterocycles. The monoisotopic (exact) mass is 376 g/mol. The Labute approximate surface area is 162 Å². The Morgan fingerprint density at radius 2 is 1.93 bits per heavy atom. The molecule has 0 saturated carbocycles. The van der Waals surface area contributed by atoms with Crippen LogP contribution in [0.1, 0.15) is 33.6 Å². The summed E-state index contributed by atoms with van der Waals surface area (Å²) in [5.74, 6) is 0.563. The summed E-state index contributed by atoms with van der Waals surface area (Å²) in [6.07, 6.45) is 3.03. The SMILES string of the molecule is CNc1ccnc(N2CCCC(C#N)(CN3C(=O)c4ccccc4C3=O)C2)n1. The zero-order valence-corrected chi connectivity index (χ0v) is 15.6. The summed E-state index contributed by atoms with van der Waals surface area (Å²) in [5.41, 5.74) is -0.0541. The number of carbonyl (C=O) groups excluding carboxylic acids is 2. The molecular weight excluding hydrogens is 356 g/mol. The van der Waals surface area contributed by atoms with Crippen LogP contribution < -0.4 is 10.2 Å². The van der Waals surface area contributed by atoms with Crippen LogP contribution >= 0.6 is 0 Å². The number of hydrogen-bond donors (Lipinski definition) is 1. The van der Waals surface area contributed by atoms with Gasteiger partial charge in [0.25, 0.3) is 11.8 Å². The summed E-state index contributed by atoms with van der Waals surface area (Å²) in [4.78, 5) is 37.4. The normalized spacial score (nSPS) is 21.4. The highest BCUT2D eigenvalue weighted by atomic mass is 16.2. The average molecular weight is 376 g/mol. The number of fused-ring (bicyclic) bond motifs is 1. The van der Waals surface area contributed by atoms with Gasteiger partial charge in [0.2, 0.25) is 5.95 Å². The molecule has 0 radical (unpaired) electrons. The Bertz CT molecular complexity index is 950. The number of piperidine rings is 1. The van der Waals surface area contributed by atoms with Gasteiger partial charge in [-0.1, -0.05) is 12.1 Å². The molecule has 1 saturated heterocycles. The molecule has 142 valence electrons. The molecule has 1 N–H and O–H groups in total. The summed E-state index contributed by atoms with van der Waals surface area (Å²) in [5, 5.41) is 13.0. The number of nitrogens with one attached hydrogen (secondary N) is 1. The van der Waals surface area contributed by atoms with Gasteiger partial charge in [0.1, 0.15) is 5.82 Å². The van der Waals surface area contributed by atoms with Crippen LogP contribution in [0.3, 0.4) is 0 Å². The first-order valence-electron chi connectivity index (χ1n) is 9.19. The third kappa shape index (κ3) is 2.95. The van der Waals surface area contributed by atoms with Crippen molar-refractivity contribution in [2.45, 2.75) is 12.8 Å². The third-order valence-corrected chi connectivity index (χ3v) is 5.33. The van der Waals surface area contributed by atoms with Gasteiger partial charge in [0.05, 0.1) is 22.6 Å². The second-order valence-electron chi connectivity index (χ2n) is 7.15. The minimum atomic E-state index is -0.857. The van der Waals surface area contributed by atoms with Crippen molar-refractivity contribution < 1.29 is 9.59 Å². The van der Waals surface area contributed by atoms with Crippen molar-refractivity contribution in [3.63, 3.8) is 0 Å². The van der Waals surface area contributed by atoms with Gasteiger partial charge in [-0.2, -0.15) is 10.2 Å². The smallest absolute Gasteiger partial charge is 0.261 e. The largest absolute Gasteiger partial charge is 0.373 e. The molecule has 0 bridgehead atoms. The van der Waals surface area contributed by atoms with Gasteiger partial charge in [-0.15, -0.1) is 0 Å². The molecule has 3 heterocycles. The number of carbonyl (C=O) groups is 2. The van der Waals surface area contributed by atoms with Crippen molar-refractivity contribution in [1.82, 2.24) is 14.9 Å². The molecule has 1 atom stereocenters. The first kappa shape index (κ1) is 17.9. The highest BCUT2D eigenvalue weighted by Gasteiger charge is 2.44. The molecule has 28 heavy (non-hydrogen) atoms. The van der Waals surface area contributed by atoms with Crippen LogP contribution in [0.5, 0.6) is 0 Å². The minimum Gasteiger partial charge on any atom is -0.373 e. The molecule has 2 aliphatic rings. The zero-order valence-electron chi connectivity index (χ0n) is 15.6. The fourth-order valence-electron chi connectivity index (χ4n) is 3.88. The number of rotatable bonds is 4. The number of amides is 2. The Balaban J connectivity index is 1.58. The van der Waals surface area contributed by atoms with Gasteiger partial charge < -0.3 is 10.2 Å². The van der Waals surface area contributed by atoms with E-state index in [0.717, 1.165) is 13.0 Å². The number of anilines is 2. The predicted octanol–water partition coefficient (Wildman–Crippen LogP) is 1.92. The Kier molecular flexibility index (Phi) is 4.43. The van der Waals surface area contributed by atoms with E-state index in [4.69, 9.17) is 0 Å². The fraction of sp³-hybridized carbons (Fsp3) is 0.350. The van der Waals surface area contributed by atoms with Crippen molar-refractivity contribution in [3.05, 3.63) is 47.7 Å². The molecule has 8 heteroatoms.